The van der Waals surface area contributed by atoms with Gasteiger partial charge < -0.3 is 4.74 Å². The Kier molecular flexibility index (Phi) is 5.35. The lowest BCUT2D eigenvalue weighted by atomic mass is 10.0. The Bertz CT molecular complexity index is 460. The highest BCUT2D eigenvalue weighted by Gasteiger charge is 2.72. The summed E-state index contributed by atoms with van der Waals surface area (Å²) >= 11 is 4.93. The predicted molar refractivity (Wildman–Crippen MR) is 54.5 cm³/mol. The van der Waals surface area contributed by atoms with Crippen molar-refractivity contribution in [3.8, 4) is 0 Å². The number of hydrogen-bond donors (Lipinski definition) is 0. The summed E-state index contributed by atoms with van der Waals surface area (Å²) in [6.07, 6.45) is -28.3. The number of rotatable bonds is 4. The molecular weight excluding hydrogens is 400 g/mol. The molecule has 0 aromatic carbocycles. The molecule has 1 heterocycles. The third-order valence-corrected chi connectivity index (χ3v) is 3.75. The van der Waals surface area contributed by atoms with Crippen LogP contribution in [0.15, 0.2) is 0 Å². The zero-order valence-electron chi connectivity index (χ0n) is 11.0. The van der Waals surface area contributed by atoms with E-state index in [1.165, 1.54) is 0 Å². The summed E-state index contributed by atoms with van der Waals surface area (Å²) in [5.41, 5.74) is 0. The summed E-state index contributed by atoms with van der Waals surface area (Å²) in [6.45, 7) is 0. The normalized spacial score (nSPS) is 29.6. The number of hydrogen-bond acceptors (Lipinski definition) is 1. The van der Waals surface area contributed by atoms with E-state index in [1.54, 1.807) is 0 Å². The van der Waals surface area contributed by atoms with Crippen LogP contribution in [0, 0.1) is 0 Å². The van der Waals surface area contributed by atoms with Gasteiger partial charge in [0, 0.05) is 0 Å². The molecule has 4 unspecified atom stereocenters. The topological polar surface area (TPSA) is 9.23 Å². The first-order chi connectivity index (χ1) is 10.4. The fourth-order valence-electron chi connectivity index (χ4n) is 1.95. The molecule has 0 amide bonds. The molecular formula is C10H7ClF12O. The van der Waals surface area contributed by atoms with Gasteiger partial charge in [0.2, 0.25) is 5.06 Å². The zero-order chi connectivity index (χ0) is 19.4. The summed E-state index contributed by atoms with van der Waals surface area (Å²) in [6, 6.07) is 0. The van der Waals surface area contributed by atoms with Gasteiger partial charge in [0.15, 0.2) is 0 Å². The molecule has 0 aromatic heterocycles. The van der Waals surface area contributed by atoms with Crippen LogP contribution in [0.5, 0.6) is 0 Å². The largest absolute Gasteiger partial charge is 0.425 e. The maximum Gasteiger partial charge on any atom is 0.425 e. The second-order valence-electron chi connectivity index (χ2n) is 4.98. The van der Waals surface area contributed by atoms with Crippen LogP contribution in [-0.4, -0.2) is 47.7 Å². The first-order valence-electron chi connectivity index (χ1n) is 5.91. The Hall–Kier alpha value is -0.590. The maximum atomic E-state index is 13.5. The smallest absolute Gasteiger partial charge is 0.344 e. The Balaban J connectivity index is 3.06. The fourth-order valence-corrected chi connectivity index (χ4v) is 2.26. The molecule has 144 valence electrons. The molecule has 14 heteroatoms. The number of alkyl halides is 13. The van der Waals surface area contributed by atoms with E-state index in [4.69, 9.17) is 11.6 Å². The molecule has 1 rings (SSSR count). The van der Waals surface area contributed by atoms with Gasteiger partial charge in [-0.15, -0.1) is 0 Å². The third-order valence-electron chi connectivity index (χ3n) is 3.22. The van der Waals surface area contributed by atoms with Crippen molar-refractivity contribution >= 4 is 11.6 Å². The minimum absolute atomic E-state index is 1.45. The van der Waals surface area contributed by atoms with Crippen LogP contribution in [0.3, 0.4) is 0 Å². The van der Waals surface area contributed by atoms with E-state index >= 15 is 0 Å². The van der Waals surface area contributed by atoms with Gasteiger partial charge in [0.05, 0.1) is 0 Å². The molecule has 1 nitrogen and oxygen atoms in total. The Morgan fingerprint density at radius 2 is 1.25 bits per heavy atom. The summed E-state index contributed by atoms with van der Waals surface area (Å²) in [5, 5.41) is -4.01. The lowest BCUT2D eigenvalue weighted by molar-refractivity contribution is -0.302. The highest BCUT2D eigenvalue weighted by atomic mass is 35.5. The molecule has 0 aliphatic carbocycles. The molecule has 1 saturated heterocycles. The second-order valence-corrected chi connectivity index (χ2v) is 5.59. The van der Waals surface area contributed by atoms with Crippen LogP contribution >= 0.6 is 11.6 Å². The average molecular weight is 407 g/mol. The van der Waals surface area contributed by atoms with Gasteiger partial charge in [-0.1, -0.05) is 11.6 Å². The van der Waals surface area contributed by atoms with Gasteiger partial charge in [-0.05, 0) is 12.8 Å². The Morgan fingerprint density at radius 1 is 0.833 bits per heavy atom. The van der Waals surface area contributed by atoms with Crippen LogP contribution < -0.4 is 0 Å². The molecule has 0 spiro atoms. The molecule has 1 aliphatic heterocycles. The minimum Gasteiger partial charge on any atom is -0.344 e. The summed E-state index contributed by atoms with van der Waals surface area (Å²) in [4.78, 5) is 0. The Labute approximate surface area is 130 Å². The molecule has 0 radical (unpaired) electrons. The van der Waals surface area contributed by atoms with E-state index < -0.39 is 60.5 Å². The van der Waals surface area contributed by atoms with Gasteiger partial charge in [0.25, 0.3) is 12.3 Å². The molecule has 0 saturated carbocycles. The van der Waals surface area contributed by atoms with Gasteiger partial charge in [-0.3, -0.25) is 0 Å². The highest BCUT2D eigenvalue weighted by molar-refractivity contribution is 6.23. The highest BCUT2D eigenvalue weighted by Crippen LogP contribution is 2.54. The first-order valence-corrected chi connectivity index (χ1v) is 6.29. The maximum absolute atomic E-state index is 13.5. The van der Waals surface area contributed by atoms with E-state index in [-0.39, 0.29) is 0 Å². The number of ether oxygens (including phenoxy) is 1. The number of halogens is 13. The fraction of sp³-hybridized carbons (Fsp3) is 1.00. The third kappa shape index (κ3) is 3.65. The molecule has 1 fully saturated rings. The van der Waals surface area contributed by atoms with Crippen molar-refractivity contribution < 1.29 is 57.4 Å². The van der Waals surface area contributed by atoms with Crippen molar-refractivity contribution in [2.75, 3.05) is 0 Å². The van der Waals surface area contributed by atoms with Crippen molar-refractivity contribution in [2.24, 2.45) is 0 Å². The minimum atomic E-state index is -6.15. The molecule has 1 aliphatic rings. The van der Waals surface area contributed by atoms with Crippen molar-refractivity contribution in [1.82, 2.24) is 0 Å². The van der Waals surface area contributed by atoms with Crippen LogP contribution in [0.4, 0.5) is 52.7 Å². The van der Waals surface area contributed by atoms with Gasteiger partial charge >= 0.3 is 24.2 Å². The quantitative estimate of drug-likeness (QED) is 0.462. The van der Waals surface area contributed by atoms with E-state index in [9.17, 15) is 52.7 Å². The lowest BCUT2D eigenvalue weighted by Crippen LogP contribution is -2.56. The van der Waals surface area contributed by atoms with E-state index in [0.717, 1.165) is 0 Å². The SMILES string of the molecule is FC(C(F)(F)F)C(F)(F)C1CCC(Cl)(C(F)(F)C(F)C(F)(F)F)O1. The summed E-state index contributed by atoms with van der Waals surface area (Å²) in [7, 11) is 0. The average Bonchev–Trinajstić information content (AvgIpc) is 2.79. The van der Waals surface area contributed by atoms with Crippen LogP contribution in [0.2, 0.25) is 0 Å². The van der Waals surface area contributed by atoms with E-state index in [2.05, 4.69) is 4.74 Å². The second kappa shape index (κ2) is 5.99. The van der Waals surface area contributed by atoms with Crippen molar-refractivity contribution in [3.63, 3.8) is 0 Å². The molecule has 4 atom stereocenters. The lowest BCUT2D eigenvalue weighted by Gasteiger charge is -2.35. The van der Waals surface area contributed by atoms with E-state index in [1.807, 2.05) is 0 Å². The van der Waals surface area contributed by atoms with Crippen LogP contribution in [-0.2, 0) is 4.74 Å². The first kappa shape index (κ1) is 21.5. The van der Waals surface area contributed by atoms with E-state index in [0.29, 0.717) is 0 Å². The molecule has 24 heavy (non-hydrogen) atoms. The standard InChI is InChI=1S/C10H7ClF12O/c11-6(8(16,17)5(13)10(21,22)23)2-1-3(24-6)7(14,15)4(12)9(18,19)20/h3-5H,1-2H2. The van der Waals surface area contributed by atoms with Gasteiger partial charge in [-0.25, -0.2) is 17.6 Å². The molecule has 0 N–H and O–H groups in total. The van der Waals surface area contributed by atoms with Crippen molar-refractivity contribution in [1.29, 1.82) is 0 Å². The van der Waals surface area contributed by atoms with Gasteiger partial charge in [0.1, 0.15) is 6.10 Å². The van der Waals surface area contributed by atoms with Gasteiger partial charge in [-0.2, -0.15) is 35.1 Å². The van der Waals surface area contributed by atoms with Crippen molar-refractivity contribution in [3.05, 3.63) is 0 Å². The predicted octanol–water partition coefficient (Wildman–Crippen LogP) is 5.17. The Morgan fingerprint density at radius 3 is 1.62 bits per heavy atom. The molecule has 0 bridgehead atoms. The summed E-state index contributed by atoms with van der Waals surface area (Å²) < 4.78 is 155. The monoisotopic (exact) mass is 406 g/mol. The van der Waals surface area contributed by atoms with Crippen LogP contribution in [0.25, 0.3) is 0 Å². The zero-order valence-corrected chi connectivity index (χ0v) is 11.7. The van der Waals surface area contributed by atoms with Crippen LogP contribution in [0.1, 0.15) is 12.8 Å². The molecule has 0 aromatic rings. The van der Waals surface area contributed by atoms with Crippen molar-refractivity contribution in [2.45, 2.75) is 60.5 Å². The summed E-state index contributed by atoms with van der Waals surface area (Å²) in [5.74, 6) is -11.0.